The molecule has 0 bridgehead atoms. The van der Waals surface area contributed by atoms with Crippen molar-refractivity contribution in [2.45, 2.75) is 6.54 Å². The van der Waals surface area contributed by atoms with Crippen molar-refractivity contribution >= 4 is 17.4 Å². The molecule has 1 aromatic heterocycles. The van der Waals surface area contributed by atoms with Crippen LogP contribution in [0.15, 0.2) is 29.6 Å². The highest BCUT2D eigenvalue weighted by molar-refractivity contribution is 7.11. The van der Waals surface area contributed by atoms with Gasteiger partial charge in [0.2, 0.25) is 0 Å². The fraction of sp³-hybridized carbons (Fsp3) is 0.0833. The van der Waals surface area contributed by atoms with Gasteiger partial charge in [0, 0.05) is 12.1 Å². The Morgan fingerprint density at radius 2 is 2.00 bits per heavy atom. The van der Waals surface area contributed by atoms with Crippen LogP contribution in [0.3, 0.4) is 0 Å². The Bertz CT molecular complexity index is 587. The smallest absolute Gasteiger partial charge is 0.399 e. The minimum absolute atomic E-state index is 0.165. The third-order valence-corrected chi connectivity index (χ3v) is 2.97. The lowest BCUT2D eigenvalue weighted by Gasteiger charge is -2.06. The minimum Gasteiger partial charge on any atom is -0.399 e. The van der Waals surface area contributed by atoms with E-state index < -0.39 is 23.5 Å². The first kappa shape index (κ1) is 13.4. The maximum Gasteiger partial charge on any atom is 0.413 e. The average Bonchev–Trinajstić information content (AvgIpc) is 2.88. The number of hydrogen-bond acceptors (Lipinski definition) is 3. The Hall–Kier alpha value is -2.02. The van der Waals surface area contributed by atoms with E-state index in [0.717, 1.165) is 12.1 Å². The molecule has 2 aromatic rings. The van der Waals surface area contributed by atoms with Crippen molar-refractivity contribution < 1.29 is 22.7 Å². The maximum absolute atomic E-state index is 13.3. The molecule has 1 amide bonds. The molecule has 0 atom stereocenters. The molecule has 7 heteroatoms. The van der Waals surface area contributed by atoms with Crippen LogP contribution in [0.25, 0.3) is 0 Å². The zero-order valence-corrected chi connectivity index (χ0v) is 10.3. The van der Waals surface area contributed by atoms with Crippen LogP contribution in [0.2, 0.25) is 0 Å². The molecule has 100 valence electrons. The van der Waals surface area contributed by atoms with Crippen LogP contribution in [-0.2, 0) is 6.54 Å². The van der Waals surface area contributed by atoms with Gasteiger partial charge in [0.25, 0.3) is 0 Å². The maximum atomic E-state index is 13.3. The Morgan fingerprint density at radius 1 is 1.21 bits per heavy atom. The Labute approximate surface area is 110 Å². The molecule has 0 saturated carbocycles. The van der Waals surface area contributed by atoms with E-state index in [-0.39, 0.29) is 12.1 Å². The number of halogens is 3. The highest BCUT2D eigenvalue weighted by Gasteiger charge is 2.14. The lowest BCUT2D eigenvalue weighted by atomic mass is 10.2. The summed E-state index contributed by atoms with van der Waals surface area (Å²) in [6.07, 6.45) is -0.799. The Morgan fingerprint density at radius 3 is 2.68 bits per heavy atom. The molecule has 19 heavy (non-hydrogen) atoms. The molecule has 0 unspecified atom stereocenters. The van der Waals surface area contributed by atoms with E-state index >= 15 is 0 Å². The first-order chi connectivity index (χ1) is 9.08. The van der Waals surface area contributed by atoms with Crippen LogP contribution >= 0.6 is 11.3 Å². The Balaban J connectivity index is 1.95. The number of amides is 1. The SMILES string of the molecule is O=C(NCc1ccc(F)c(F)c1F)Oc1cccs1. The summed E-state index contributed by atoms with van der Waals surface area (Å²) in [6.45, 7) is -0.298. The summed E-state index contributed by atoms with van der Waals surface area (Å²) in [6, 6.07) is 5.13. The molecule has 2 rings (SSSR count). The summed E-state index contributed by atoms with van der Waals surface area (Å²) >= 11 is 1.21. The number of carbonyl (C=O) groups is 1. The Kier molecular flexibility index (Phi) is 4.06. The van der Waals surface area contributed by atoms with Crippen molar-refractivity contribution in [1.29, 1.82) is 0 Å². The number of hydrogen-bond donors (Lipinski definition) is 1. The number of thiophene rings is 1. The van der Waals surface area contributed by atoms with Gasteiger partial charge in [-0.25, -0.2) is 18.0 Å². The quantitative estimate of drug-likeness (QED) is 0.878. The zero-order valence-electron chi connectivity index (χ0n) is 9.45. The van der Waals surface area contributed by atoms with Gasteiger partial charge in [-0.1, -0.05) is 6.07 Å². The van der Waals surface area contributed by atoms with Crippen LogP contribution in [-0.4, -0.2) is 6.09 Å². The summed E-state index contributed by atoms with van der Waals surface area (Å²) in [4.78, 5) is 11.3. The lowest BCUT2D eigenvalue weighted by Crippen LogP contribution is -2.26. The monoisotopic (exact) mass is 287 g/mol. The molecule has 0 fully saturated rings. The van der Waals surface area contributed by atoms with Gasteiger partial charge in [0.05, 0.1) is 0 Å². The number of ether oxygens (including phenoxy) is 1. The molecule has 1 aromatic carbocycles. The van der Waals surface area contributed by atoms with E-state index in [1.54, 1.807) is 17.5 Å². The van der Waals surface area contributed by atoms with Gasteiger partial charge < -0.3 is 10.1 Å². The lowest BCUT2D eigenvalue weighted by molar-refractivity contribution is 0.201. The molecular weight excluding hydrogens is 279 g/mol. The molecule has 0 aliphatic rings. The molecule has 0 spiro atoms. The largest absolute Gasteiger partial charge is 0.413 e. The summed E-state index contributed by atoms with van der Waals surface area (Å²) in [5.74, 6) is -4.16. The van der Waals surface area contributed by atoms with Crippen molar-refractivity contribution in [3.63, 3.8) is 0 Å². The van der Waals surface area contributed by atoms with Crippen LogP contribution in [0.5, 0.6) is 5.06 Å². The van der Waals surface area contributed by atoms with Gasteiger partial charge in [-0.3, -0.25) is 0 Å². The molecule has 3 nitrogen and oxygen atoms in total. The van der Waals surface area contributed by atoms with Crippen molar-refractivity contribution in [1.82, 2.24) is 5.32 Å². The summed E-state index contributed by atoms with van der Waals surface area (Å²) < 4.78 is 43.7. The number of nitrogens with one attached hydrogen (secondary N) is 1. The molecule has 0 radical (unpaired) electrons. The fourth-order valence-electron chi connectivity index (χ4n) is 1.32. The third kappa shape index (κ3) is 3.25. The third-order valence-electron chi connectivity index (χ3n) is 2.23. The predicted molar refractivity (Wildman–Crippen MR) is 63.5 cm³/mol. The second kappa shape index (κ2) is 5.75. The molecule has 0 aliphatic heterocycles. The standard InChI is InChI=1S/C12H8F3NO2S/c13-8-4-3-7(10(14)11(8)15)6-16-12(17)18-9-2-1-5-19-9/h1-5H,6H2,(H,16,17). The van der Waals surface area contributed by atoms with Gasteiger partial charge in [-0.05, 0) is 23.6 Å². The van der Waals surface area contributed by atoms with Crippen molar-refractivity contribution in [3.05, 3.63) is 52.7 Å². The van der Waals surface area contributed by atoms with Crippen LogP contribution in [0, 0.1) is 17.5 Å². The minimum atomic E-state index is -1.56. The predicted octanol–water partition coefficient (Wildman–Crippen LogP) is 3.45. The summed E-state index contributed by atoms with van der Waals surface area (Å²) in [5, 5.41) is 4.34. The molecule has 1 heterocycles. The van der Waals surface area contributed by atoms with Crippen LogP contribution in [0.1, 0.15) is 5.56 Å². The second-order valence-corrected chi connectivity index (χ2v) is 4.42. The highest BCUT2D eigenvalue weighted by Crippen LogP contribution is 2.18. The topological polar surface area (TPSA) is 38.3 Å². The summed E-state index contributed by atoms with van der Waals surface area (Å²) in [5.41, 5.74) is -0.165. The first-order valence-corrected chi connectivity index (χ1v) is 6.07. The van der Waals surface area contributed by atoms with Gasteiger partial charge in [0.1, 0.15) is 0 Å². The summed E-state index contributed by atoms with van der Waals surface area (Å²) in [7, 11) is 0. The van der Waals surface area contributed by atoms with Crippen molar-refractivity contribution in [2.75, 3.05) is 0 Å². The van der Waals surface area contributed by atoms with Gasteiger partial charge >= 0.3 is 6.09 Å². The number of carbonyl (C=O) groups excluding carboxylic acids is 1. The number of benzene rings is 1. The molecule has 0 saturated heterocycles. The molecule has 1 N–H and O–H groups in total. The average molecular weight is 287 g/mol. The van der Waals surface area contributed by atoms with E-state index in [9.17, 15) is 18.0 Å². The van der Waals surface area contributed by atoms with Gasteiger partial charge in [0.15, 0.2) is 22.5 Å². The van der Waals surface area contributed by atoms with E-state index in [1.807, 2.05) is 0 Å². The van der Waals surface area contributed by atoms with E-state index in [0.29, 0.717) is 5.06 Å². The van der Waals surface area contributed by atoms with Crippen LogP contribution in [0.4, 0.5) is 18.0 Å². The van der Waals surface area contributed by atoms with Crippen molar-refractivity contribution in [3.8, 4) is 5.06 Å². The van der Waals surface area contributed by atoms with Gasteiger partial charge in [-0.2, -0.15) is 0 Å². The number of rotatable bonds is 3. The van der Waals surface area contributed by atoms with E-state index in [4.69, 9.17) is 4.74 Å². The van der Waals surface area contributed by atoms with E-state index in [1.165, 1.54) is 11.3 Å². The zero-order chi connectivity index (χ0) is 13.8. The molecule has 0 aliphatic carbocycles. The first-order valence-electron chi connectivity index (χ1n) is 5.19. The van der Waals surface area contributed by atoms with Crippen LogP contribution < -0.4 is 10.1 Å². The van der Waals surface area contributed by atoms with Crippen molar-refractivity contribution in [2.24, 2.45) is 0 Å². The molecular formula is C12H8F3NO2S. The highest BCUT2D eigenvalue weighted by atomic mass is 32.1. The van der Waals surface area contributed by atoms with E-state index in [2.05, 4.69) is 5.32 Å². The normalized spacial score (nSPS) is 10.3. The second-order valence-electron chi connectivity index (χ2n) is 3.51. The fourth-order valence-corrected chi connectivity index (χ4v) is 1.89. The van der Waals surface area contributed by atoms with Gasteiger partial charge in [-0.15, -0.1) is 11.3 Å².